The van der Waals surface area contributed by atoms with E-state index in [0.29, 0.717) is 5.41 Å². The summed E-state index contributed by atoms with van der Waals surface area (Å²) in [5.41, 5.74) is 4.75. The molecule has 1 unspecified atom stereocenters. The van der Waals surface area contributed by atoms with Crippen LogP contribution < -0.4 is 0 Å². The number of hydrogen-bond donors (Lipinski definition) is 1. The highest BCUT2D eigenvalue weighted by Crippen LogP contribution is 2.54. The molecule has 3 saturated carbocycles. The first-order valence-corrected chi connectivity index (χ1v) is 8.34. The fraction of sp³-hybridized carbons (Fsp3) is 0.684. The Morgan fingerprint density at radius 1 is 1.15 bits per heavy atom. The molecule has 0 saturated heterocycles. The van der Waals surface area contributed by atoms with Gasteiger partial charge in [-0.1, -0.05) is 43.2 Å². The molecule has 3 atom stereocenters. The molecule has 1 N–H and O–H groups in total. The molecule has 1 heteroatoms. The van der Waals surface area contributed by atoms with Crippen LogP contribution in [-0.2, 0) is 0 Å². The molecule has 0 aliphatic heterocycles. The molecule has 110 valence electrons. The number of hydrogen-bond acceptors (Lipinski definition) is 1. The van der Waals surface area contributed by atoms with Gasteiger partial charge in [0.15, 0.2) is 0 Å². The zero-order valence-electron chi connectivity index (χ0n) is 12.8. The summed E-state index contributed by atoms with van der Waals surface area (Å²) in [6.45, 7) is 6.66. The molecule has 0 bridgehead atoms. The summed E-state index contributed by atoms with van der Waals surface area (Å²) in [5, 5.41) is 9.82. The maximum absolute atomic E-state index is 9.82. The zero-order chi connectivity index (χ0) is 14.2. The van der Waals surface area contributed by atoms with Gasteiger partial charge in [-0.3, -0.25) is 0 Å². The summed E-state index contributed by atoms with van der Waals surface area (Å²) in [6, 6.07) is 0. The summed E-state index contributed by atoms with van der Waals surface area (Å²) < 4.78 is 0. The monoisotopic (exact) mass is 272 g/mol. The van der Waals surface area contributed by atoms with Crippen molar-refractivity contribution in [3.63, 3.8) is 0 Å². The van der Waals surface area contributed by atoms with E-state index in [4.69, 9.17) is 0 Å². The molecule has 0 amide bonds. The lowest BCUT2D eigenvalue weighted by atomic mass is 9.67. The molecule has 0 spiro atoms. The summed E-state index contributed by atoms with van der Waals surface area (Å²) >= 11 is 0. The van der Waals surface area contributed by atoms with Crippen LogP contribution in [-0.4, -0.2) is 11.2 Å². The van der Waals surface area contributed by atoms with Crippen LogP contribution in [0.15, 0.2) is 35.5 Å². The number of aliphatic hydroxyl groups is 1. The molecule has 0 aromatic heterocycles. The Hall–Kier alpha value is -0.820. The zero-order valence-corrected chi connectivity index (χ0v) is 12.8. The van der Waals surface area contributed by atoms with Crippen molar-refractivity contribution in [1.29, 1.82) is 0 Å². The molecule has 20 heavy (non-hydrogen) atoms. The van der Waals surface area contributed by atoms with Crippen LogP contribution in [0.25, 0.3) is 0 Å². The highest BCUT2D eigenvalue weighted by molar-refractivity contribution is 5.36. The highest BCUT2D eigenvalue weighted by Gasteiger charge is 2.42. The molecule has 0 radical (unpaired) electrons. The second-order valence-electron chi connectivity index (χ2n) is 7.39. The van der Waals surface area contributed by atoms with Crippen LogP contribution >= 0.6 is 0 Å². The highest BCUT2D eigenvalue weighted by atomic mass is 16.3. The number of aliphatic hydroxyl groups excluding tert-OH is 1. The van der Waals surface area contributed by atoms with Crippen molar-refractivity contribution >= 4 is 0 Å². The quantitative estimate of drug-likeness (QED) is 0.717. The Kier molecular flexibility index (Phi) is 3.90. The topological polar surface area (TPSA) is 20.2 Å². The molecule has 3 aliphatic carbocycles. The van der Waals surface area contributed by atoms with Gasteiger partial charge in [-0.15, -0.1) is 0 Å². The second-order valence-corrected chi connectivity index (χ2v) is 7.39. The van der Waals surface area contributed by atoms with Crippen LogP contribution in [0.1, 0.15) is 64.7 Å². The predicted octanol–water partition coefficient (Wildman–Crippen LogP) is 4.93. The maximum atomic E-state index is 9.82. The minimum absolute atomic E-state index is 0.159. The predicted molar refractivity (Wildman–Crippen MR) is 84.5 cm³/mol. The summed E-state index contributed by atoms with van der Waals surface area (Å²) in [7, 11) is 0. The first-order valence-electron chi connectivity index (χ1n) is 8.34. The van der Waals surface area contributed by atoms with E-state index in [9.17, 15) is 5.11 Å². The molecule has 3 fully saturated rings. The molecular weight excluding hydrogens is 244 g/mol. The summed E-state index contributed by atoms with van der Waals surface area (Å²) in [4.78, 5) is 0. The van der Waals surface area contributed by atoms with E-state index in [2.05, 4.69) is 25.7 Å². The van der Waals surface area contributed by atoms with Gasteiger partial charge in [0.2, 0.25) is 0 Å². The Bertz CT molecular complexity index is 456. The average Bonchev–Trinajstić information content (AvgIpc) is 2.82. The maximum Gasteiger partial charge on any atom is 0.0583 e. The summed E-state index contributed by atoms with van der Waals surface area (Å²) in [6.07, 6.45) is 15.4. The Balaban J connectivity index is 1.79. The van der Waals surface area contributed by atoms with Crippen molar-refractivity contribution in [1.82, 2.24) is 0 Å². The third kappa shape index (κ3) is 2.65. The van der Waals surface area contributed by atoms with E-state index in [0.717, 1.165) is 25.2 Å². The summed E-state index contributed by atoms with van der Waals surface area (Å²) in [5.74, 6) is 0.815. The van der Waals surface area contributed by atoms with Crippen LogP contribution in [0, 0.1) is 11.3 Å². The molecule has 1 nitrogen and oxygen atoms in total. The van der Waals surface area contributed by atoms with E-state index in [-0.39, 0.29) is 6.10 Å². The van der Waals surface area contributed by atoms with E-state index in [1.54, 1.807) is 5.57 Å². The standard InChI is InChI=1S/C19H28O/c1-14-7-10-17(20)13-16(14)9-8-15-5-3-11-19(2)12-4-6-18(15)19/h8-9,17-18,20H,1,3-7,10-13H2,2H3/t17-,18?,19+/m0/s1. The van der Waals surface area contributed by atoms with Crippen molar-refractivity contribution < 1.29 is 5.11 Å². The largest absolute Gasteiger partial charge is 0.393 e. The second kappa shape index (κ2) is 5.52. The van der Waals surface area contributed by atoms with Gasteiger partial charge >= 0.3 is 0 Å². The minimum atomic E-state index is -0.159. The normalized spacial score (nSPS) is 42.2. The van der Waals surface area contributed by atoms with Gasteiger partial charge in [-0.25, -0.2) is 0 Å². The Morgan fingerprint density at radius 3 is 2.80 bits per heavy atom. The first-order chi connectivity index (χ1) is 9.58. The molecular formula is C19H28O. The van der Waals surface area contributed by atoms with Gasteiger partial charge in [0.25, 0.3) is 0 Å². The molecule has 3 rings (SSSR count). The van der Waals surface area contributed by atoms with Gasteiger partial charge in [0, 0.05) is 0 Å². The Labute approximate surface area is 123 Å². The third-order valence-corrected chi connectivity index (χ3v) is 5.93. The fourth-order valence-corrected chi connectivity index (χ4v) is 4.63. The van der Waals surface area contributed by atoms with E-state index in [1.807, 2.05) is 0 Å². The van der Waals surface area contributed by atoms with E-state index < -0.39 is 0 Å². The van der Waals surface area contributed by atoms with E-state index in [1.165, 1.54) is 49.7 Å². The fourth-order valence-electron chi connectivity index (χ4n) is 4.63. The lowest BCUT2D eigenvalue weighted by molar-refractivity contribution is 0.158. The lowest BCUT2D eigenvalue weighted by Crippen LogP contribution is -2.27. The molecule has 0 aromatic carbocycles. The molecule has 3 aliphatic rings. The van der Waals surface area contributed by atoms with Crippen molar-refractivity contribution in [2.24, 2.45) is 11.3 Å². The van der Waals surface area contributed by atoms with Gasteiger partial charge in [0.05, 0.1) is 6.10 Å². The lowest BCUT2D eigenvalue weighted by Gasteiger charge is -2.38. The van der Waals surface area contributed by atoms with Crippen LogP contribution in [0.5, 0.6) is 0 Å². The van der Waals surface area contributed by atoms with Crippen molar-refractivity contribution in [3.8, 4) is 0 Å². The van der Waals surface area contributed by atoms with Crippen molar-refractivity contribution in [2.75, 3.05) is 0 Å². The van der Waals surface area contributed by atoms with Crippen LogP contribution in [0.3, 0.4) is 0 Å². The van der Waals surface area contributed by atoms with Gasteiger partial charge in [-0.2, -0.15) is 0 Å². The first kappa shape index (κ1) is 14.1. The van der Waals surface area contributed by atoms with Crippen LogP contribution in [0.2, 0.25) is 0 Å². The SMILES string of the molecule is C=C1CC[C@H](O)CC1=CC=C1CCC[C@]2(C)CCCC12. The van der Waals surface area contributed by atoms with E-state index >= 15 is 0 Å². The number of fused-ring (bicyclic) bond motifs is 1. The third-order valence-electron chi connectivity index (χ3n) is 5.93. The minimum Gasteiger partial charge on any atom is -0.393 e. The van der Waals surface area contributed by atoms with Crippen LogP contribution in [0.4, 0.5) is 0 Å². The van der Waals surface area contributed by atoms with Gasteiger partial charge < -0.3 is 5.11 Å². The van der Waals surface area contributed by atoms with Gasteiger partial charge in [-0.05, 0) is 68.3 Å². The smallest absolute Gasteiger partial charge is 0.0583 e. The van der Waals surface area contributed by atoms with Gasteiger partial charge in [0.1, 0.15) is 0 Å². The average molecular weight is 272 g/mol. The van der Waals surface area contributed by atoms with Crippen molar-refractivity contribution in [2.45, 2.75) is 70.8 Å². The molecule has 0 aromatic rings. The number of allylic oxidation sites excluding steroid dienone is 4. The number of rotatable bonds is 1. The molecule has 0 heterocycles. The van der Waals surface area contributed by atoms with Crippen molar-refractivity contribution in [3.05, 3.63) is 35.5 Å². The Morgan fingerprint density at radius 2 is 1.95 bits per heavy atom.